The number of H-pyrrole nitrogens is 1. The number of anilines is 1. The first-order valence-corrected chi connectivity index (χ1v) is 13.2. The summed E-state index contributed by atoms with van der Waals surface area (Å²) in [5.41, 5.74) is 2.44. The van der Waals surface area contributed by atoms with Crippen molar-refractivity contribution in [1.82, 2.24) is 15.0 Å². The van der Waals surface area contributed by atoms with Gasteiger partial charge < -0.3 is 19.4 Å². The maximum absolute atomic E-state index is 13.5. The molecule has 3 aromatic rings. The summed E-state index contributed by atoms with van der Waals surface area (Å²) in [5, 5.41) is 1.01. The summed E-state index contributed by atoms with van der Waals surface area (Å²) in [5.74, 6) is 1.35. The van der Waals surface area contributed by atoms with Gasteiger partial charge in [-0.25, -0.2) is 18.4 Å². The third-order valence-corrected chi connectivity index (χ3v) is 9.52. The Morgan fingerprint density at radius 2 is 1.97 bits per heavy atom. The number of hydrogen-bond acceptors (Lipinski definition) is 7. The molecule has 0 saturated carbocycles. The van der Waals surface area contributed by atoms with Crippen LogP contribution in [0.15, 0.2) is 36.5 Å². The van der Waals surface area contributed by atoms with Crippen LogP contribution in [0.5, 0.6) is 0 Å². The minimum atomic E-state index is -3.45. The van der Waals surface area contributed by atoms with Crippen LogP contribution in [0.3, 0.4) is 0 Å². The van der Waals surface area contributed by atoms with Crippen LogP contribution in [0, 0.1) is 0 Å². The van der Waals surface area contributed by atoms with E-state index in [4.69, 9.17) is 19.4 Å². The van der Waals surface area contributed by atoms with E-state index in [1.165, 1.54) is 0 Å². The number of sulfone groups is 1. The highest BCUT2D eigenvalue weighted by Gasteiger charge is 2.47. The summed E-state index contributed by atoms with van der Waals surface area (Å²) in [6.07, 6.45) is 2.68. The fourth-order valence-electron chi connectivity index (χ4n) is 4.99. The van der Waals surface area contributed by atoms with E-state index >= 15 is 0 Å². The molecule has 1 N–H and O–H groups in total. The zero-order valence-electron chi connectivity index (χ0n) is 19.1. The van der Waals surface area contributed by atoms with Crippen LogP contribution >= 0.6 is 0 Å². The summed E-state index contributed by atoms with van der Waals surface area (Å²) < 4.78 is 37.1. The molecule has 2 aliphatic heterocycles. The Morgan fingerprint density at radius 3 is 2.73 bits per heavy atom. The molecule has 2 saturated heterocycles. The van der Waals surface area contributed by atoms with Crippen molar-refractivity contribution in [3.63, 3.8) is 0 Å². The smallest absolute Gasteiger partial charge is 0.162 e. The molecule has 2 aliphatic rings. The Hall–Kier alpha value is -2.49. The fourth-order valence-corrected chi connectivity index (χ4v) is 6.75. The first-order valence-electron chi connectivity index (χ1n) is 11.6. The van der Waals surface area contributed by atoms with Crippen molar-refractivity contribution in [2.75, 3.05) is 43.6 Å². The SMILES string of the molecule is CCS(=O)(=O)C1(c2cc(N3CCOC[C@H]3C)nc(-c3cccc4[nH]ccc34)n2)CCOCC1. The van der Waals surface area contributed by atoms with E-state index in [9.17, 15) is 8.42 Å². The van der Waals surface area contributed by atoms with Gasteiger partial charge in [-0.1, -0.05) is 19.1 Å². The molecule has 176 valence electrons. The summed E-state index contributed by atoms with van der Waals surface area (Å²) >= 11 is 0. The largest absolute Gasteiger partial charge is 0.381 e. The Kier molecular flexibility index (Phi) is 5.88. The van der Waals surface area contributed by atoms with Gasteiger partial charge in [-0.15, -0.1) is 0 Å². The summed E-state index contributed by atoms with van der Waals surface area (Å²) in [6, 6.07) is 9.99. The van der Waals surface area contributed by atoms with Crippen LogP contribution in [0.1, 0.15) is 32.4 Å². The Bertz CT molecular complexity index is 1250. The molecule has 2 aromatic heterocycles. The fraction of sp³-hybridized carbons (Fsp3) is 0.500. The van der Waals surface area contributed by atoms with Gasteiger partial charge in [0.1, 0.15) is 10.6 Å². The number of nitrogens with zero attached hydrogens (tertiary/aromatic N) is 3. The quantitative estimate of drug-likeness (QED) is 0.611. The van der Waals surface area contributed by atoms with Crippen LogP contribution in [0.2, 0.25) is 0 Å². The number of rotatable bonds is 5. The highest BCUT2D eigenvalue weighted by atomic mass is 32.2. The van der Waals surface area contributed by atoms with Gasteiger partial charge in [0.05, 0.1) is 24.9 Å². The van der Waals surface area contributed by atoms with Crippen molar-refractivity contribution in [2.24, 2.45) is 0 Å². The van der Waals surface area contributed by atoms with Crippen LogP contribution < -0.4 is 4.90 Å². The van der Waals surface area contributed by atoms with Gasteiger partial charge in [0, 0.05) is 54.2 Å². The number of nitrogens with one attached hydrogen (secondary N) is 1. The Labute approximate surface area is 194 Å². The van der Waals surface area contributed by atoms with Gasteiger partial charge in [-0.3, -0.25) is 0 Å². The van der Waals surface area contributed by atoms with E-state index in [0.29, 0.717) is 57.3 Å². The van der Waals surface area contributed by atoms with Crippen molar-refractivity contribution < 1.29 is 17.9 Å². The zero-order chi connectivity index (χ0) is 23.1. The molecule has 8 nitrogen and oxygen atoms in total. The van der Waals surface area contributed by atoms with Crippen molar-refractivity contribution in [3.8, 4) is 11.4 Å². The number of fused-ring (bicyclic) bond motifs is 1. The first kappa shape index (κ1) is 22.3. The van der Waals surface area contributed by atoms with Crippen LogP contribution in [0.25, 0.3) is 22.3 Å². The number of aromatic amines is 1. The van der Waals surface area contributed by atoms with Gasteiger partial charge in [-0.05, 0) is 31.9 Å². The standard InChI is InChI=1S/C24H30N4O4S/c1-3-33(29,30)24(8-12-31-13-9-24)21-15-22(28-11-14-32-16-17(28)2)27-23(26-21)19-5-4-6-20-18(19)7-10-25-20/h4-7,10,15,17,25H,3,8-9,11-14,16H2,1-2H3/t17-/m1/s1. The van der Waals surface area contributed by atoms with Crippen molar-refractivity contribution in [1.29, 1.82) is 0 Å². The number of morpholine rings is 1. The van der Waals surface area contributed by atoms with Gasteiger partial charge in [0.15, 0.2) is 15.7 Å². The molecule has 0 amide bonds. The third kappa shape index (κ3) is 3.82. The van der Waals surface area contributed by atoms with Gasteiger partial charge >= 0.3 is 0 Å². The molecule has 33 heavy (non-hydrogen) atoms. The highest BCUT2D eigenvalue weighted by molar-refractivity contribution is 7.92. The normalized spacial score (nSPS) is 21.4. The van der Waals surface area contributed by atoms with E-state index in [-0.39, 0.29) is 11.8 Å². The summed E-state index contributed by atoms with van der Waals surface area (Å²) in [7, 11) is -3.45. The first-order chi connectivity index (χ1) is 15.9. The maximum Gasteiger partial charge on any atom is 0.162 e. The average molecular weight is 471 g/mol. The molecule has 0 aliphatic carbocycles. The summed E-state index contributed by atoms with van der Waals surface area (Å²) in [6.45, 7) is 6.51. The van der Waals surface area contributed by atoms with E-state index in [0.717, 1.165) is 22.3 Å². The lowest BCUT2D eigenvalue weighted by molar-refractivity contribution is 0.0730. The predicted molar refractivity (Wildman–Crippen MR) is 128 cm³/mol. The lowest BCUT2D eigenvalue weighted by Crippen LogP contribution is -2.45. The lowest BCUT2D eigenvalue weighted by atomic mass is 9.94. The highest BCUT2D eigenvalue weighted by Crippen LogP contribution is 2.42. The number of ether oxygens (including phenoxy) is 2. The topological polar surface area (TPSA) is 97.4 Å². The predicted octanol–water partition coefficient (Wildman–Crippen LogP) is 3.29. The minimum absolute atomic E-state index is 0.0586. The Morgan fingerprint density at radius 1 is 1.15 bits per heavy atom. The molecule has 9 heteroatoms. The molecule has 0 spiro atoms. The summed E-state index contributed by atoms with van der Waals surface area (Å²) in [4.78, 5) is 15.3. The molecular weight excluding hydrogens is 440 g/mol. The van der Waals surface area contributed by atoms with Crippen LogP contribution in [-0.2, 0) is 24.1 Å². The second-order valence-corrected chi connectivity index (χ2v) is 11.4. The van der Waals surface area contributed by atoms with Crippen molar-refractivity contribution in [3.05, 3.63) is 42.2 Å². The molecule has 0 unspecified atom stereocenters. The van der Waals surface area contributed by atoms with E-state index in [1.54, 1.807) is 6.92 Å². The maximum atomic E-state index is 13.5. The number of hydrogen-bond donors (Lipinski definition) is 1. The monoisotopic (exact) mass is 470 g/mol. The lowest BCUT2D eigenvalue weighted by Gasteiger charge is -2.38. The van der Waals surface area contributed by atoms with Crippen LogP contribution in [-0.4, -0.2) is 68.1 Å². The molecule has 4 heterocycles. The van der Waals surface area contributed by atoms with Crippen molar-refractivity contribution >= 4 is 26.6 Å². The molecule has 0 radical (unpaired) electrons. The Balaban J connectivity index is 1.75. The zero-order valence-corrected chi connectivity index (χ0v) is 19.9. The molecule has 1 atom stereocenters. The average Bonchev–Trinajstić information content (AvgIpc) is 3.33. The van der Waals surface area contributed by atoms with E-state index in [2.05, 4.69) is 16.8 Å². The molecule has 1 aromatic carbocycles. The second-order valence-electron chi connectivity index (χ2n) is 8.81. The molecule has 2 fully saturated rings. The molecular formula is C24H30N4O4S. The van der Waals surface area contributed by atoms with Gasteiger partial charge in [-0.2, -0.15) is 0 Å². The van der Waals surface area contributed by atoms with E-state index in [1.807, 2.05) is 36.5 Å². The van der Waals surface area contributed by atoms with E-state index < -0.39 is 14.6 Å². The third-order valence-electron chi connectivity index (χ3n) is 6.95. The number of benzene rings is 1. The van der Waals surface area contributed by atoms with Gasteiger partial charge in [0.2, 0.25) is 0 Å². The molecule has 0 bridgehead atoms. The molecule has 5 rings (SSSR count). The second kappa shape index (κ2) is 8.70. The number of aromatic nitrogens is 3. The van der Waals surface area contributed by atoms with Crippen LogP contribution in [0.4, 0.5) is 5.82 Å². The van der Waals surface area contributed by atoms with Gasteiger partial charge in [0.25, 0.3) is 0 Å². The van der Waals surface area contributed by atoms with Crippen molar-refractivity contribution in [2.45, 2.75) is 37.5 Å². The minimum Gasteiger partial charge on any atom is -0.381 e.